The number of hydrogen-bond acceptors (Lipinski definition) is 0. The summed E-state index contributed by atoms with van der Waals surface area (Å²) in [6.07, 6.45) is 0. The predicted octanol–water partition coefficient (Wildman–Crippen LogP) is 12.7. The lowest BCUT2D eigenvalue weighted by Crippen LogP contribution is -1.94. The maximum Gasteiger partial charge on any atom is 0.0541 e. The van der Waals surface area contributed by atoms with Crippen molar-refractivity contribution in [1.82, 2.24) is 4.57 Å². The van der Waals surface area contributed by atoms with E-state index in [0.717, 1.165) is 0 Å². The Bertz CT molecular complexity index is 2640. The number of para-hydroxylation sites is 1. The molecule has 0 radical (unpaired) electrons. The van der Waals surface area contributed by atoms with Gasteiger partial charge in [0.2, 0.25) is 0 Å². The topological polar surface area (TPSA) is 4.93 Å². The Morgan fingerprint density at radius 3 is 1.74 bits per heavy atom. The van der Waals surface area contributed by atoms with Crippen molar-refractivity contribution in [3.63, 3.8) is 0 Å². The van der Waals surface area contributed by atoms with Gasteiger partial charge >= 0.3 is 0 Å². The monoisotopic (exact) mass is 599 g/mol. The van der Waals surface area contributed by atoms with Gasteiger partial charge in [-0.1, -0.05) is 133 Å². The molecular formula is C46H33N. The summed E-state index contributed by atoms with van der Waals surface area (Å²) in [6, 6.07) is 60.1. The van der Waals surface area contributed by atoms with E-state index in [-0.39, 0.29) is 0 Å². The average Bonchev–Trinajstić information content (AvgIpc) is 3.45. The Labute approximate surface area is 275 Å². The molecule has 0 unspecified atom stereocenters. The van der Waals surface area contributed by atoms with Crippen LogP contribution < -0.4 is 0 Å². The van der Waals surface area contributed by atoms with E-state index in [0.29, 0.717) is 0 Å². The Kier molecular flexibility index (Phi) is 6.33. The van der Waals surface area contributed by atoms with E-state index >= 15 is 0 Å². The molecule has 0 aliphatic rings. The fourth-order valence-corrected chi connectivity index (χ4v) is 7.45. The van der Waals surface area contributed by atoms with Gasteiger partial charge in [0.15, 0.2) is 0 Å². The van der Waals surface area contributed by atoms with Crippen molar-refractivity contribution in [3.05, 3.63) is 175 Å². The summed E-state index contributed by atoms with van der Waals surface area (Å²) >= 11 is 0. The highest BCUT2D eigenvalue weighted by atomic mass is 15.0. The second kappa shape index (κ2) is 10.9. The third-order valence-corrected chi connectivity index (χ3v) is 9.87. The molecule has 0 bridgehead atoms. The fourth-order valence-electron chi connectivity index (χ4n) is 7.45. The maximum absolute atomic E-state index is 2.41. The number of fused-ring (bicyclic) bond motifs is 6. The van der Waals surface area contributed by atoms with Gasteiger partial charge in [0, 0.05) is 16.5 Å². The molecule has 1 aromatic heterocycles. The molecule has 0 atom stereocenters. The second-order valence-electron chi connectivity index (χ2n) is 12.7. The zero-order chi connectivity index (χ0) is 31.5. The van der Waals surface area contributed by atoms with Crippen LogP contribution in [-0.2, 0) is 0 Å². The lowest BCUT2D eigenvalue weighted by Gasteiger charge is -2.12. The van der Waals surface area contributed by atoms with Gasteiger partial charge in [0.05, 0.1) is 11.0 Å². The lowest BCUT2D eigenvalue weighted by atomic mass is 9.93. The molecule has 0 aliphatic heterocycles. The van der Waals surface area contributed by atoms with E-state index in [1.54, 1.807) is 0 Å². The van der Waals surface area contributed by atoms with Crippen LogP contribution in [0.1, 0.15) is 11.1 Å². The fraction of sp³-hybridized carbons (Fsp3) is 0.0435. The number of rotatable bonds is 4. The molecule has 1 heteroatoms. The minimum Gasteiger partial charge on any atom is -0.309 e. The number of hydrogen-bond donors (Lipinski definition) is 0. The van der Waals surface area contributed by atoms with Crippen LogP contribution in [-0.4, -0.2) is 4.57 Å². The molecule has 222 valence electrons. The largest absolute Gasteiger partial charge is 0.309 e. The van der Waals surface area contributed by atoms with Crippen molar-refractivity contribution in [2.45, 2.75) is 13.8 Å². The van der Waals surface area contributed by atoms with Gasteiger partial charge < -0.3 is 4.57 Å². The molecule has 0 amide bonds. The number of aromatic nitrogens is 1. The first-order valence-electron chi connectivity index (χ1n) is 16.3. The number of nitrogens with zero attached hydrogens (tertiary/aromatic N) is 1. The molecule has 47 heavy (non-hydrogen) atoms. The van der Waals surface area contributed by atoms with Gasteiger partial charge in [0.25, 0.3) is 0 Å². The Hall–Kier alpha value is -5.92. The van der Waals surface area contributed by atoms with Gasteiger partial charge in [-0.15, -0.1) is 0 Å². The first kappa shape index (κ1) is 27.4. The Morgan fingerprint density at radius 1 is 0.340 bits per heavy atom. The highest BCUT2D eigenvalue weighted by Crippen LogP contribution is 2.37. The van der Waals surface area contributed by atoms with Gasteiger partial charge in [0.1, 0.15) is 0 Å². The number of aryl methyl sites for hydroxylation is 2. The summed E-state index contributed by atoms with van der Waals surface area (Å²) in [6.45, 7) is 4.40. The normalized spacial score (nSPS) is 11.6. The first-order chi connectivity index (χ1) is 23.1. The molecule has 9 aromatic rings. The number of benzene rings is 8. The van der Waals surface area contributed by atoms with Crippen molar-refractivity contribution >= 4 is 43.4 Å². The molecule has 0 saturated carbocycles. The van der Waals surface area contributed by atoms with Crippen LogP contribution in [0.2, 0.25) is 0 Å². The van der Waals surface area contributed by atoms with Crippen LogP contribution in [0.25, 0.3) is 82.4 Å². The molecule has 0 saturated heterocycles. The van der Waals surface area contributed by atoms with Crippen molar-refractivity contribution in [2.24, 2.45) is 0 Å². The summed E-state index contributed by atoms with van der Waals surface area (Å²) in [5, 5.41) is 7.65. The molecule has 0 N–H and O–H groups in total. The van der Waals surface area contributed by atoms with E-state index in [1.165, 1.54) is 93.5 Å². The van der Waals surface area contributed by atoms with Crippen molar-refractivity contribution in [3.8, 4) is 39.1 Å². The standard InChI is InChI=1S/C46H33N/c1-30-9-3-5-11-39(30)40-24-21-35(27-31(40)2)32-15-17-33(18-16-32)36-22-26-46-44(29-36)43-13-7-8-14-45(43)47(46)38-23-25-42-37(28-38)20-19-34-10-4-6-12-41(34)42/h3-29H,1-2H3. The Balaban J connectivity index is 1.09. The minimum atomic E-state index is 1.18. The average molecular weight is 600 g/mol. The molecule has 0 spiro atoms. The van der Waals surface area contributed by atoms with E-state index in [4.69, 9.17) is 0 Å². The van der Waals surface area contributed by atoms with Gasteiger partial charge in [-0.25, -0.2) is 0 Å². The SMILES string of the molecule is Cc1ccccc1-c1ccc(-c2ccc(-c3ccc4c(c3)c3ccccc3n4-c3ccc4c(ccc5ccccc54)c3)cc2)cc1C. The zero-order valence-corrected chi connectivity index (χ0v) is 26.5. The predicted molar refractivity (Wildman–Crippen MR) is 202 cm³/mol. The molecule has 0 fully saturated rings. The second-order valence-corrected chi connectivity index (χ2v) is 12.7. The van der Waals surface area contributed by atoms with Crippen LogP contribution in [0.4, 0.5) is 0 Å². The third kappa shape index (κ3) is 4.55. The van der Waals surface area contributed by atoms with E-state index < -0.39 is 0 Å². The van der Waals surface area contributed by atoms with Gasteiger partial charge in [-0.05, 0) is 110 Å². The zero-order valence-electron chi connectivity index (χ0n) is 26.5. The maximum atomic E-state index is 2.41. The molecular weight excluding hydrogens is 567 g/mol. The Morgan fingerprint density at radius 2 is 0.936 bits per heavy atom. The van der Waals surface area contributed by atoms with Gasteiger partial charge in [-0.3, -0.25) is 0 Å². The molecule has 1 heterocycles. The quantitative estimate of drug-likeness (QED) is 0.177. The lowest BCUT2D eigenvalue weighted by molar-refractivity contribution is 1.19. The van der Waals surface area contributed by atoms with E-state index in [2.05, 4.69) is 182 Å². The smallest absolute Gasteiger partial charge is 0.0541 e. The minimum absolute atomic E-state index is 1.18. The van der Waals surface area contributed by atoms with Crippen molar-refractivity contribution in [1.29, 1.82) is 0 Å². The third-order valence-electron chi connectivity index (χ3n) is 9.87. The highest BCUT2D eigenvalue weighted by molar-refractivity contribution is 6.12. The molecule has 8 aromatic carbocycles. The van der Waals surface area contributed by atoms with E-state index in [1.807, 2.05) is 0 Å². The van der Waals surface area contributed by atoms with Crippen molar-refractivity contribution < 1.29 is 0 Å². The molecule has 1 nitrogen and oxygen atoms in total. The van der Waals surface area contributed by atoms with Crippen LogP contribution in [0.3, 0.4) is 0 Å². The van der Waals surface area contributed by atoms with Gasteiger partial charge in [-0.2, -0.15) is 0 Å². The summed E-state index contributed by atoms with van der Waals surface area (Å²) in [5.41, 5.74) is 13.7. The van der Waals surface area contributed by atoms with Crippen LogP contribution in [0, 0.1) is 13.8 Å². The van der Waals surface area contributed by atoms with Crippen molar-refractivity contribution in [2.75, 3.05) is 0 Å². The molecule has 9 rings (SSSR count). The molecule has 0 aliphatic carbocycles. The van der Waals surface area contributed by atoms with E-state index in [9.17, 15) is 0 Å². The van der Waals surface area contributed by atoms with Crippen LogP contribution in [0.5, 0.6) is 0 Å². The van der Waals surface area contributed by atoms with Crippen LogP contribution in [0.15, 0.2) is 164 Å². The highest BCUT2D eigenvalue weighted by Gasteiger charge is 2.14. The first-order valence-corrected chi connectivity index (χ1v) is 16.3. The summed E-state index contributed by atoms with van der Waals surface area (Å²) in [7, 11) is 0. The summed E-state index contributed by atoms with van der Waals surface area (Å²) in [4.78, 5) is 0. The van der Waals surface area contributed by atoms with Crippen LogP contribution >= 0.6 is 0 Å². The summed E-state index contributed by atoms with van der Waals surface area (Å²) < 4.78 is 2.41. The summed E-state index contributed by atoms with van der Waals surface area (Å²) in [5.74, 6) is 0.